The van der Waals surface area contributed by atoms with Crippen LogP contribution in [0.3, 0.4) is 0 Å². The highest BCUT2D eigenvalue weighted by atomic mass is 32.2. The van der Waals surface area contributed by atoms with Crippen LogP contribution in [0.15, 0.2) is 88.9 Å². The van der Waals surface area contributed by atoms with Gasteiger partial charge in [-0.2, -0.15) is 5.10 Å². The number of carbonyl (C=O) groups is 2. The van der Waals surface area contributed by atoms with Crippen LogP contribution in [0.4, 0.5) is 5.69 Å². The summed E-state index contributed by atoms with van der Waals surface area (Å²) >= 11 is 0. The van der Waals surface area contributed by atoms with E-state index in [2.05, 4.69) is 15.3 Å². The third-order valence-corrected chi connectivity index (χ3v) is 6.67. The molecule has 10 nitrogen and oxygen atoms in total. The Labute approximate surface area is 215 Å². The Kier molecular flexibility index (Phi) is 9.61. The second-order valence-corrected chi connectivity index (χ2v) is 9.32. The van der Waals surface area contributed by atoms with Crippen LogP contribution in [0.5, 0.6) is 11.5 Å². The number of hydrogen-bond acceptors (Lipinski definition) is 8. The summed E-state index contributed by atoms with van der Waals surface area (Å²) in [4.78, 5) is 24.1. The van der Waals surface area contributed by atoms with Gasteiger partial charge >= 0.3 is 5.97 Å². The zero-order chi connectivity index (χ0) is 26.7. The SMILES string of the molecule is CCOc1ccccc1N(CC(=O)N/N=C\c1cccc(OCC(=O)OC)c1)S(=O)(=O)c1ccccc1. The summed E-state index contributed by atoms with van der Waals surface area (Å²) < 4.78 is 43.5. The van der Waals surface area contributed by atoms with E-state index in [1.807, 2.05) is 0 Å². The fourth-order valence-electron chi connectivity index (χ4n) is 3.19. The summed E-state index contributed by atoms with van der Waals surface area (Å²) in [5, 5.41) is 3.93. The Hall–Kier alpha value is -4.38. The summed E-state index contributed by atoms with van der Waals surface area (Å²) in [6.45, 7) is 1.31. The molecular formula is C26H27N3O7S. The van der Waals surface area contributed by atoms with Crippen LogP contribution < -0.4 is 19.2 Å². The number of nitrogens with zero attached hydrogens (tertiary/aromatic N) is 2. The van der Waals surface area contributed by atoms with E-state index < -0.39 is 28.4 Å². The number of benzene rings is 3. The predicted octanol–water partition coefficient (Wildman–Crippen LogP) is 2.98. The minimum Gasteiger partial charge on any atom is -0.492 e. The third-order valence-electron chi connectivity index (χ3n) is 4.90. The molecule has 0 bridgehead atoms. The second-order valence-electron chi connectivity index (χ2n) is 7.46. The number of anilines is 1. The van der Waals surface area contributed by atoms with Gasteiger partial charge in [-0.15, -0.1) is 0 Å². The van der Waals surface area contributed by atoms with E-state index >= 15 is 0 Å². The zero-order valence-electron chi connectivity index (χ0n) is 20.4. The number of carbonyl (C=O) groups excluding carboxylic acids is 2. The second kappa shape index (κ2) is 13.1. The number of sulfonamides is 1. The number of para-hydroxylation sites is 2. The highest BCUT2D eigenvalue weighted by Crippen LogP contribution is 2.32. The monoisotopic (exact) mass is 525 g/mol. The number of hydrazone groups is 1. The molecule has 0 aromatic heterocycles. The molecule has 0 saturated carbocycles. The lowest BCUT2D eigenvalue weighted by Crippen LogP contribution is -2.39. The molecule has 0 aliphatic rings. The van der Waals surface area contributed by atoms with E-state index in [1.165, 1.54) is 25.5 Å². The van der Waals surface area contributed by atoms with Crippen LogP contribution in [-0.4, -0.2) is 53.4 Å². The topological polar surface area (TPSA) is 124 Å². The normalized spacial score (nSPS) is 11.1. The first-order valence-electron chi connectivity index (χ1n) is 11.3. The Balaban J connectivity index is 1.78. The number of nitrogens with one attached hydrogen (secondary N) is 1. The molecule has 11 heteroatoms. The Morgan fingerprint density at radius 2 is 1.70 bits per heavy atom. The van der Waals surface area contributed by atoms with Gasteiger partial charge in [-0.25, -0.2) is 18.6 Å². The molecular weight excluding hydrogens is 498 g/mol. The van der Waals surface area contributed by atoms with Gasteiger partial charge in [-0.3, -0.25) is 9.10 Å². The standard InChI is InChI=1S/C26H27N3O7S/c1-3-35-24-15-8-7-14-23(24)29(37(32,33)22-12-5-4-6-13-22)18-25(30)28-27-17-20-10-9-11-21(16-20)36-19-26(31)34-2/h4-17H,3,18-19H2,1-2H3,(H,28,30)/b27-17-. The molecule has 0 radical (unpaired) electrons. The minimum absolute atomic E-state index is 0.0290. The smallest absolute Gasteiger partial charge is 0.343 e. The number of rotatable bonds is 12. The molecule has 0 saturated heterocycles. The van der Waals surface area contributed by atoms with Crippen LogP contribution in [0.25, 0.3) is 0 Å². The van der Waals surface area contributed by atoms with Crippen LogP contribution in [-0.2, 0) is 24.3 Å². The maximum atomic E-state index is 13.5. The van der Waals surface area contributed by atoms with Crippen molar-refractivity contribution in [3.63, 3.8) is 0 Å². The molecule has 194 valence electrons. The molecule has 0 spiro atoms. The van der Waals surface area contributed by atoms with Crippen LogP contribution in [0.1, 0.15) is 12.5 Å². The molecule has 1 N–H and O–H groups in total. The van der Waals surface area contributed by atoms with Crippen molar-refractivity contribution in [2.24, 2.45) is 5.10 Å². The van der Waals surface area contributed by atoms with Gasteiger partial charge in [0.05, 0.1) is 30.5 Å². The number of amides is 1. The quantitative estimate of drug-likeness (QED) is 0.219. The lowest BCUT2D eigenvalue weighted by atomic mass is 10.2. The van der Waals surface area contributed by atoms with Gasteiger partial charge in [0.1, 0.15) is 18.0 Å². The lowest BCUT2D eigenvalue weighted by Gasteiger charge is -2.25. The van der Waals surface area contributed by atoms with E-state index in [0.29, 0.717) is 23.7 Å². The molecule has 0 heterocycles. The van der Waals surface area contributed by atoms with E-state index in [4.69, 9.17) is 9.47 Å². The fraction of sp³-hybridized carbons (Fsp3) is 0.192. The lowest BCUT2D eigenvalue weighted by molar-refractivity contribution is -0.142. The highest BCUT2D eigenvalue weighted by Gasteiger charge is 2.29. The molecule has 1 amide bonds. The van der Waals surface area contributed by atoms with Crippen LogP contribution >= 0.6 is 0 Å². The van der Waals surface area contributed by atoms with Gasteiger partial charge < -0.3 is 14.2 Å². The molecule has 3 rings (SSSR count). The van der Waals surface area contributed by atoms with Gasteiger partial charge in [0.15, 0.2) is 6.61 Å². The van der Waals surface area contributed by atoms with Gasteiger partial charge in [-0.1, -0.05) is 42.5 Å². The van der Waals surface area contributed by atoms with Gasteiger partial charge in [0.25, 0.3) is 15.9 Å². The largest absolute Gasteiger partial charge is 0.492 e. The molecule has 0 fully saturated rings. The van der Waals surface area contributed by atoms with Crippen molar-refractivity contribution >= 4 is 33.8 Å². The maximum Gasteiger partial charge on any atom is 0.343 e. The molecule has 3 aromatic rings. The summed E-state index contributed by atoms with van der Waals surface area (Å²) in [5.41, 5.74) is 3.16. The van der Waals surface area contributed by atoms with Gasteiger partial charge in [0, 0.05) is 0 Å². The maximum absolute atomic E-state index is 13.5. The van der Waals surface area contributed by atoms with Crippen molar-refractivity contribution in [3.05, 3.63) is 84.4 Å². The summed E-state index contributed by atoms with van der Waals surface area (Å²) in [5.74, 6) is -0.453. The third kappa shape index (κ3) is 7.55. The van der Waals surface area contributed by atoms with E-state index in [-0.39, 0.29) is 17.2 Å². The average molecular weight is 526 g/mol. The van der Waals surface area contributed by atoms with Crippen molar-refractivity contribution in [2.75, 3.05) is 31.2 Å². The Bertz CT molecular complexity index is 1350. The van der Waals surface area contributed by atoms with Gasteiger partial charge in [0.2, 0.25) is 0 Å². The first-order valence-corrected chi connectivity index (χ1v) is 12.7. The van der Waals surface area contributed by atoms with Crippen molar-refractivity contribution in [2.45, 2.75) is 11.8 Å². The minimum atomic E-state index is -4.10. The van der Waals surface area contributed by atoms with Crippen molar-refractivity contribution < 1.29 is 32.2 Å². The van der Waals surface area contributed by atoms with Crippen molar-refractivity contribution in [1.82, 2.24) is 5.43 Å². The predicted molar refractivity (Wildman–Crippen MR) is 138 cm³/mol. The van der Waals surface area contributed by atoms with Crippen molar-refractivity contribution in [1.29, 1.82) is 0 Å². The average Bonchev–Trinajstić information content (AvgIpc) is 2.91. The highest BCUT2D eigenvalue weighted by molar-refractivity contribution is 7.92. The summed E-state index contributed by atoms with van der Waals surface area (Å²) in [6, 6.07) is 21.1. The molecule has 37 heavy (non-hydrogen) atoms. The molecule has 0 aliphatic heterocycles. The first-order chi connectivity index (χ1) is 17.8. The summed E-state index contributed by atoms with van der Waals surface area (Å²) in [6.07, 6.45) is 1.37. The molecule has 0 aliphatic carbocycles. The fourth-order valence-corrected chi connectivity index (χ4v) is 4.64. The van der Waals surface area contributed by atoms with Crippen LogP contribution in [0, 0.1) is 0 Å². The number of methoxy groups -OCH3 is 1. The molecule has 0 atom stereocenters. The Morgan fingerprint density at radius 1 is 0.973 bits per heavy atom. The van der Waals surface area contributed by atoms with Gasteiger partial charge in [-0.05, 0) is 48.9 Å². The number of hydrogen-bond donors (Lipinski definition) is 1. The summed E-state index contributed by atoms with van der Waals surface area (Å²) in [7, 11) is -2.84. The Morgan fingerprint density at radius 3 is 2.43 bits per heavy atom. The molecule has 0 unspecified atom stereocenters. The zero-order valence-corrected chi connectivity index (χ0v) is 21.2. The number of ether oxygens (including phenoxy) is 3. The van der Waals surface area contributed by atoms with E-state index in [0.717, 1.165) is 4.31 Å². The number of esters is 1. The van der Waals surface area contributed by atoms with Crippen molar-refractivity contribution in [3.8, 4) is 11.5 Å². The first kappa shape index (κ1) is 27.2. The van der Waals surface area contributed by atoms with Crippen LogP contribution in [0.2, 0.25) is 0 Å². The molecule has 3 aromatic carbocycles. The van der Waals surface area contributed by atoms with E-state index in [1.54, 1.807) is 73.7 Å². The van der Waals surface area contributed by atoms with E-state index in [9.17, 15) is 18.0 Å².